The molecular formula is C10H11ClN4O2. The summed E-state index contributed by atoms with van der Waals surface area (Å²) in [5.41, 5.74) is -0.0537. The molecule has 2 atom stereocenters. The van der Waals surface area contributed by atoms with Crippen molar-refractivity contribution in [2.45, 2.75) is 25.3 Å². The molecule has 0 radical (unpaired) electrons. The minimum absolute atomic E-state index is 0.0537. The number of hydrogen-bond donors (Lipinski definition) is 0. The molecule has 2 fully saturated rings. The molecule has 0 N–H and O–H groups in total. The van der Waals surface area contributed by atoms with Gasteiger partial charge in [-0.3, -0.25) is 10.1 Å². The van der Waals surface area contributed by atoms with Gasteiger partial charge in [0.1, 0.15) is 6.20 Å². The van der Waals surface area contributed by atoms with Crippen LogP contribution in [0.4, 0.5) is 11.5 Å². The number of halogens is 1. The number of anilines is 1. The van der Waals surface area contributed by atoms with E-state index in [-0.39, 0.29) is 11.0 Å². The summed E-state index contributed by atoms with van der Waals surface area (Å²) in [6, 6.07) is 0.379. The Morgan fingerprint density at radius 2 is 2.35 bits per heavy atom. The van der Waals surface area contributed by atoms with Crippen molar-refractivity contribution < 1.29 is 4.92 Å². The van der Waals surface area contributed by atoms with E-state index in [4.69, 9.17) is 11.6 Å². The Hall–Kier alpha value is -1.43. The van der Waals surface area contributed by atoms with Gasteiger partial charge in [-0.2, -0.15) is 4.98 Å². The molecule has 90 valence electrons. The molecule has 2 bridgehead atoms. The fraction of sp³-hybridized carbons (Fsp3) is 0.600. The van der Waals surface area contributed by atoms with Crippen LogP contribution in [-0.2, 0) is 0 Å². The molecular weight excluding hydrogens is 244 g/mol. The third-order valence-corrected chi connectivity index (χ3v) is 3.78. The first-order chi connectivity index (χ1) is 8.15. The highest BCUT2D eigenvalue weighted by Crippen LogP contribution is 2.42. The summed E-state index contributed by atoms with van der Waals surface area (Å²) in [6.45, 7) is 0.846. The van der Waals surface area contributed by atoms with Crippen molar-refractivity contribution in [2.75, 3.05) is 11.4 Å². The lowest BCUT2D eigenvalue weighted by molar-refractivity contribution is -0.384. The van der Waals surface area contributed by atoms with Crippen molar-refractivity contribution in [1.29, 1.82) is 0 Å². The smallest absolute Gasteiger partial charge is 0.329 e. The van der Waals surface area contributed by atoms with E-state index in [0.717, 1.165) is 19.4 Å². The molecule has 2 heterocycles. The van der Waals surface area contributed by atoms with Gasteiger partial charge >= 0.3 is 5.69 Å². The molecule has 1 aliphatic carbocycles. The normalized spacial score (nSPS) is 26.5. The average molecular weight is 255 g/mol. The van der Waals surface area contributed by atoms with Gasteiger partial charge in [0, 0.05) is 12.6 Å². The van der Waals surface area contributed by atoms with E-state index in [1.54, 1.807) is 0 Å². The number of rotatable bonds is 2. The fourth-order valence-corrected chi connectivity index (χ4v) is 3.00. The lowest BCUT2D eigenvalue weighted by atomic mass is 10.1. The number of fused-ring (bicyclic) bond motifs is 2. The maximum Gasteiger partial charge on any atom is 0.329 e. The lowest BCUT2D eigenvalue weighted by Crippen LogP contribution is -2.33. The number of nitrogens with zero attached hydrogens (tertiary/aromatic N) is 4. The lowest BCUT2D eigenvalue weighted by Gasteiger charge is -2.27. The third-order valence-electron chi connectivity index (χ3n) is 3.60. The third kappa shape index (κ3) is 1.72. The molecule has 3 rings (SSSR count). The van der Waals surface area contributed by atoms with E-state index in [1.165, 1.54) is 12.6 Å². The van der Waals surface area contributed by atoms with Crippen LogP contribution < -0.4 is 4.90 Å². The van der Waals surface area contributed by atoms with Crippen LogP contribution >= 0.6 is 11.6 Å². The molecule has 1 saturated carbocycles. The van der Waals surface area contributed by atoms with Gasteiger partial charge in [0.05, 0.1) is 4.92 Å². The van der Waals surface area contributed by atoms with Gasteiger partial charge in [0.25, 0.3) is 0 Å². The van der Waals surface area contributed by atoms with E-state index >= 15 is 0 Å². The van der Waals surface area contributed by atoms with Gasteiger partial charge in [0.2, 0.25) is 11.1 Å². The van der Waals surface area contributed by atoms with Gasteiger partial charge in [0.15, 0.2) is 0 Å². The standard InChI is InChI=1S/C10H11ClN4O2/c11-10-12-4-8(15(16)17)9(13-10)14-5-6-1-2-7(14)3-6/h4,6-7H,1-3,5H2. The first-order valence-electron chi connectivity index (χ1n) is 5.58. The van der Waals surface area contributed by atoms with Crippen LogP contribution in [0.1, 0.15) is 19.3 Å². The second-order valence-corrected chi connectivity index (χ2v) is 4.93. The molecule has 2 aliphatic rings. The van der Waals surface area contributed by atoms with E-state index in [2.05, 4.69) is 9.97 Å². The molecule has 1 aliphatic heterocycles. The molecule has 0 aromatic carbocycles. The summed E-state index contributed by atoms with van der Waals surface area (Å²) in [7, 11) is 0. The van der Waals surface area contributed by atoms with Crippen molar-refractivity contribution in [3.05, 3.63) is 21.6 Å². The summed E-state index contributed by atoms with van der Waals surface area (Å²) >= 11 is 5.73. The van der Waals surface area contributed by atoms with Crippen LogP contribution in [0.3, 0.4) is 0 Å². The zero-order valence-electron chi connectivity index (χ0n) is 9.04. The van der Waals surface area contributed by atoms with Gasteiger partial charge in [-0.1, -0.05) is 0 Å². The van der Waals surface area contributed by atoms with E-state index in [1.807, 2.05) is 4.90 Å². The monoisotopic (exact) mass is 254 g/mol. The summed E-state index contributed by atoms with van der Waals surface area (Å²) in [6.07, 6.45) is 4.60. The zero-order valence-corrected chi connectivity index (χ0v) is 9.80. The summed E-state index contributed by atoms with van der Waals surface area (Å²) in [4.78, 5) is 20.2. The molecule has 2 unspecified atom stereocenters. The van der Waals surface area contributed by atoms with Gasteiger partial charge in [-0.15, -0.1) is 0 Å². The topological polar surface area (TPSA) is 72.2 Å². The summed E-state index contributed by atoms with van der Waals surface area (Å²) < 4.78 is 0. The van der Waals surface area contributed by atoms with Crippen LogP contribution in [-0.4, -0.2) is 27.5 Å². The van der Waals surface area contributed by atoms with E-state index in [0.29, 0.717) is 17.8 Å². The Balaban J connectivity index is 2.01. The second kappa shape index (κ2) is 3.80. The van der Waals surface area contributed by atoms with Gasteiger partial charge in [-0.25, -0.2) is 4.98 Å². The Morgan fingerprint density at radius 3 is 2.94 bits per heavy atom. The predicted octanol–water partition coefficient (Wildman–Crippen LogP) is 2.03. The Morgan fingerprint density at radius 1 is 1.53 bits per heavy atom. The molecule has 6 nitrogen and oxygen atoms in total. The van der Waals surface area contributed by atoms with E-state index in [9.17, 15) is 10.1 Å². The highest BCUT2D eigenvalue weighted by Gasteiger charge is 2.41. The highest BCUT2D eigenvalue weighted by atomic mass is 35.5. The summed E-state index contributed by atoms with van der Waals surface area (Å²) in [5, 5.41) is 11.0. The van der Waals surface area contributed by atoms with E-state index < -0.39 is 4.92 Å². The predicted molar refractivity (Wildman–Crippen MR) is 62.2 cm³/mol. The van der Waals surface area contributed by atoms with Crippen molar-refractivity contribution in [3.8, 4) is 0 Å². The molecule has 1 aromatic heterocycles. The SMILES string of the molecule is O=[N+]([O-])c1cnc(Cl)nc1N1CC2CCC1C2. The first kappa shape index (κ1) is 10.7. The average Bonchev–Trinajstić information content (AvgIpc) is 2.90. The largest absolute Gasteiger partial charge is 0.347 e. The Labute approximate surface area is 103 Å². The molecule has 1 aromatic rings. The van der Waals surface area contributed by atoms with Crippen LogP contribution in [0, 0.1) is 16.0 Å². The minimum atomic E-state index is -0.447. The van der Waals surface area contributed by atoms with Crippen LogP contribution in [0.2, 0.25) is 5.28 Å². The Kier molecular flexibility index (Phi) is 2.39. The zero-order chi connectivity index (χ0) is 12.0. The van der Waals surface area contributed by atoms with Crippen molar-refractivity contribution in [2.24, 2.45) is 5.92 Å². The molecule has 0 spiro atoms. The second-order valence-electron chi connectivity index (χ2n) is 4.59. The Bertz CT molecular complexity index is 481. The molecule has 7 heteroatoms. The van der Waals surface area contributed by atoms with Crippen molar-refractivity contribution >= 4 is 23.1 Å². The van der Waals surface area contributed by atoms with Gasteiger partial charge in [-0.05, 0) is 36.8 Å². The summed E-state index contributed by atoms with van der Waals surface area (Å²) in [5.74, 6) is 1.02. The van der Waals surface area contributed by atoms with Crippen molar-refractivity contribution in [1.82, 2.24) is 9.97 Å². The maximum absolute atomic E-state index is 11.0. The quantitative estimate of drug-likeness (QED) is 0.459. The number of piperidine rings is 1. The van der Waals surface area contributed by atoms with Crippen molar-refractivity contribution in [3.63, 3.8) is 0 Å². The van der Waals surface area contributed by atoms with Gasteiger partial charge < -0.3 is 4.90 Å². The van der Waals surface area contributed by atoms with Crippen LogP contribution in [0.15, 0.2) is 6.20 Å². The number of hydrogen-bond acceptors (Lipinski definition) is 5. The fourth-order valence-electron chi connectivity index (χ4n) is 2.87. The number of aromatic nitrogens is 2. The first-order valence-corrected chi connectivity index (χ1v) is 5.96. The minimum Gasteiger partial charge on any atom is -0.347 e. The molecule has 0 amide bonds. The maximum atomic E-state index is 11.0. The number of nitro groups is 1. The van der Waals surface area contributed by atoms with Crippen LogP contribution in [0.25, 0.3) is 0 Å². The molecule has 17 heavy (non-hydrogen) atoms. The van der Waals surface area contributed by atoms with Crippen LogP contribution in [0.5, 0.6) is 0 Å². The highest BCUT2D eigenvalue weighted by molar-refractivity contribution is 6.28. The molecule has 1 saturated heterocycles.